The second kappa shape index (κ2) is 11.2. The number of benzene rings is 1. The summed E-state index contributed by atoms with van der Waals surface area (Å²) in [6, 6.07) is 9.20. The summed E-state index contributed by atoms with van der Waals surface area (Å²) in [4.78, 5) is 0. The molecule has 1 saturated carbocycles. The van der Waals surface area contributed by atoms with E-state index in [1.165, 1.54) is 37.7 Å². The SMILES string of the molecule is CC/C=C\C=C\C(O)/C(=C/c1ccc(C)cc1)C(C)NC1CCCCC1. The van der Waals surface area contributed by atoms with Gasteiger partial charge in [0.25, 0.3) is 0 Å². The standard InChI is InChI=1S/C24H35NO/c1-4-5-6-10-13-24(26)23(18-21-16-14-19(2)15-17-21)20(3)25-22-11-8-7-9-12-22/h5-6,10,13-18,20,22,24-26H,4,7-9,11-12H2,1-3H3/b6-5-,13-10+,23-18+. The number of aliphatic hydroxyl groups is 1. The monoisotopic (exact) mass is 353 g/mol. The van der Waals surface area contributed by atoms with Gasteiger partial charge in [-0.25, -0.2) is 0 Å². The molecule has 2 N–H and O–H groups in total. The van der Waals surface area contributed by atoms with E-state index in [-0.39, 0.29) is 6.04 Å². The smallest absolute Gasteiger partial charge is 0.0953 e. The van der Waals surface area contributed by atoms with Gasteiger partial charge in [-0.3, -0.25) is 0 Å². The zero-order valence-electron chi connectivity index (χ0n) is 16.6. The number of aliphatic hydroxyl groups excluding tert-OH is 1. The molecule has 2 atom stereocenters. The van der Waals surface area contributed by atoms with Gasteiger partial charge in [0.05, 0.1) is 6.10 Å². The van der Waals surface area contributed by atoms with E-state index in [0.29, 0.717) is 6.04 Å². The Labute approximate surface area is 159 Å². The van der Waals surface area contributed by atoms with Gasteiger partial charge >= 0.3 is 0 Å². The molecule has 0 amide bonds. The molecule has 0 saturated heterocycles. The predicted molar refractivity (Wildman–Crippen MR) is 113 cm³/mol. The third kappa shape index (κ3) is 6.93. The van der Waals surface area contributed by atoms with E-state index in [4.69, 9.17) is 0 Å². The minimum atomic E-state index is -0.580. The van der Waals surface area contributed by atoms with Crippen molar-refractivity contribution < 1.29 is 5.11 Å². The quantitative estimate of drug-likeness (QED) is 0.599. The Bertz CT molecular complexity index is 606. The van der Waals surface area contributed by atoms with Crippen molar-refractivity contribution in [3.63, 3.8) is 0 Å². The summed E-state index contributed by atoms with van der Waals surface area (Å²) in [5, 5.41) is 14.5. The molecule has 1 aliphatic carbocycles. The van der Waals surface area contributed by atoms with Crippen LogP contribution in [0.15, 0.2) is 54.1 Å². The van der Waals surface area contributed by atoms with E-state index in [9.17, 15) is 5.11 Å². The molecule has 0 bridgehead atoms. The number of allylic oxidation sites excluding steroid dienone is 3. The van der Waals surface area contributed by atoms with Crippen LogP contribution >= 0.6 is 0 Å². The fourth-order valence-electron chi connectivity index (χ4n) is 3.54. The lowest BCUT2D eigenvalue weighted by Crippen LogP contribution is -2.40. The summed E-state index contributed by atoms with van der Waals surface area (Å²) in [6.07, 6.45) is 17.0. The topological polar surface area (TPSA) is 32.3 Å². The summed E-state index contributed by atoms with van der Waals surface area (Å²) in [5.74, 6) is 0. The van der Waals surface area contributed by atoms with Crippen molar-refractivity contribution in [2.45, 2.75) is 77.5 Å². The molecular weight excluding hydrogens is 318 g/mol. The van der Waals surface area contributed by atoms with Crippen LogP contribution in [0.3, 0.4) is 0 Å². The molecule has 0 aliphatic heterocycles. The third-order valence-electron chi connectivity index (χ3n) is 5.12. The van der Waals surface area contributed by atoms with Crippen molar-refractivity contribution in [1.29, 1.82) is 0 Å². The first-order valence-corrected chi connectivity index (χ1v) is 10.2. The molecule has 0 heterocycles. The molecule has 142 valence electrons. The molecule has 26 heavy (non-hydrogen) atoms. The van der Waals surface area contributed by atoms with Gasteiger partial charge in [0.2, 0.25) is 0 Å². The maximum absolute atomic E-state index is 10.8. The second-order valence-electron chi connectivity index (χ2n) is 7.44. The van der Waals surface area contributed by atoms with E-state index in [1.54, 1.807) is 0 Å². The van der Waals surface area contributed by atoms with Crippen molar-refractivity contribution in [1.82, 2.24) is 5.32 Å². The number of aryl methyl sites for hydroxylation is 1. The average molecular weight is 354 g/mol. The minimum Gasteiger partial charge on any atom is -0.385 e. The lowest BCUT2D eigenvalue weighted by molar-refractivity contribution is 0.243. The zero-order chi connectivity index (χ0) is 18.8. The molecule has 2 rings (SSSR count). The highest BCUT2D eigenvalue weighted by Gasteiger charge is 2.20. The molecule has 0 radical (unpaired) electrons. The van der Waals surface area contributed by atoms with Crippen molar-refractivity contribution in [3.05, 3.63) is 65.3 Å². The highest BCUT2D eigenvalue weighted by Crippen LogP contribution is 2.21. The largest absolute Gasteiger partial charge is 0.385 e. The van der Waals surface area contributed by atoms with Gasteiger partial charge in [-0.05, 0) is 44.2 Å². The van der Waals surface area contributed by atoms with Gasteiger partial charge in [0.1, 0.15) is 0 Å². The summed E-state index contributed by atoms with van der Waals surface area (Å²) < 4.78 is 0. The fourth-order valence-corrected chi connectivity index (χ4v) is 3.54. The maximum Gasteiger partial charge on any atom is 0.0953 e. The first-order valence-electron chi connectivity index (χ1n) is 10.2. The number of hydrogen-bond donors (Lipinski definition) is 2. The summed E-state index contributed by atoms with van der Waals surface area (Å²) in [6.45, 7) is 6.38. The van der Waals surface area contributed by atoms with Crippen molar-refractivity contribution >= 4 is 6.08 Å². The summed E-state index contributed by atoms with van der Waals surface area (Å²) in [7, 11) is 0. The van der Waals surface area contributed by atoms with Crippen molar-refractivity contribution in [2.75, 3.05) is 0 Å². The Kier molecular flexibility index (Phi) is 8.87. The minimum absolute atomic E-state index is 0.147. The predicted octanol–water partition coefficient (Wildman–Crippen LogP) is 5.57. The highest BCUT2D eigenvalue weighted by molar-refractivity contribution is 5.56. The van der Waals surface area contributed by atoms with Gasteiger partial charge in [0.15, 0.2) is 0 Å². The fraction of sp³-hybridized carbons (Fsp3) is 0.500. The average Bonchev–Trinajstić information content (AvgIpc) is 2.65. The first-order chi connectivity index (χ1) is 12.6. The third-order valence-corrected chi connectivity index (χ3v) is 5.12. The molecule has 2 unspecified atom stereocenters. The van der Waals surface area contributed by atoms with Crippen LogP contribution in [-0.4, -0.2) is 23.3 Å². The molecular formula is C24H35NO. The molecule has 1 aliphatic rings. The second-order valence-corrected chi connectivity index (χ2v) is 7.44. The van der Waals surface area contributed by atoms with Gasteiger partial charge in [-0.15, -0.1) is 0 Å². The number of rotatable bonds is 8. The molecule has 1 aromatic rings. The molecule has 0 spiro atoms. The van der Waals surface area contributed by atoms with Crippen LogP contribution in [0.5, 0.6) is 0 Å². The molecule has 0 aromatic heterocycles. The van der Waals surface area contributed by atoms with Gasteiger partial charge in [-0.1, -0.05) is 86.4 Å². The Hall–Kier alpha value is -1.64. The Morgan fingerprint density at radius 1 is 1.15 bits per heavy atom. The van der Waals surface area contributed by atoms with E-state index >= 15 is 0 Å². The maximum atomic E-state index is 10.8. The number of hydrogen-bond acceptors (Lipinski definition) is 2. The van der Waals surface area contributed by atoms with E-state index in [0.717, 1.165) is 17.6 Å². The molecule has 2 nitrogen and oxygen atoms in total. The van der Waals surface area contributed by atoms with Gasteiger partial charge in [0, 0.05) is 12.1 Å². The normalized spacial score (nSPS) is 19.3. The van der Waals surface area contributed by atoms with Crippen LogP contribution in [0.1, 0.15) is 63.5 Å². The van der Waals surface area contributed by atoms with Crippen LogP contribution in [0.25, 0.3) is 6.08 Å². The van der Waals surface area contributed by atoms with Crippen LogP contribution < -0.4 is 5.32 Å². The summed E-state index contributed by atoms with van der Waals surface area (Å²) in [5.41, 5.74) is 3.42. The Morgan fingerprint density at radius 2 is 1.85 bits per heavy atom. The first kappa shape index (κ1) is 20.7. The lowest BCUT2D eigenvalue weighted by Gasteiger charge is -2.29. The number of nitrogens with one attached hydrogen (secondary N) is 1. The van der Waals surface area contributed by atoms with Crippen LogP contribution in [-0.2, 0) is 0 Å². The molecule has 1 aromatic carbocycles. The van der Waals surface area contributed by atoms with Crippen LogP contribution in [0.2, 0.25) is 0 Å². The Balaban J connectivity index is 2.17. The molecule has 2 heteroatoms. The zero-order valence-corrected chi connectivity index (χ0v) is 16.6. The Morgan fingerprint density at radius 3 is 2.50 bits per heavy atom. The van der Waals surface area contributed by atoms with Gasteiger partial charge < -0.3 is 10.4 Å². The van der Waals surface area contributed by atoms with Gasteiger partial charge in [-0.2, -0.15) is 0 Å². The summed E-state index contributed by atoms with van der Waals surface area (Å²) >= 11 is 0. The highest BCUT2D eigenvalue weighted by atomic mass is 16.3. The molecule has 1 fully saturated rings. The lowest BCUT2D eigenvalue weighted by atomic mass is 9.92. The van der Waals surface area contributed by atoms with Crippen LogP contribution in [0, 0.1) is 6.92 Å². The van der Waals surface area contributed by atoms with Crippen LogP contribution in [0.4, 0.5) is 0 Å². The van der Waals surface area contributed by atoms with Crippen molar-refractivity contribution in [3.8, 4) is 0 Å². The van der Waals surface area contributed by atoms with E-state index < -0.39 is 6.10 Å². The van der Waals surface area contributed by atoms with E-state index in [1.807, 2.05) is 18.2 Å². The van der Waals surface area contributed by atoms with Crippen molar-refractivity contribution in [2.24, 2.45) is 0 Å². The van der Waals surface area contributed by atoms with E-state index in [2.05, 4.69) is 62.5 Å².